The molecule has 1 rings (SSSR count). The lowest BCUT2D eigenvalue weighted by molar-refractivity contribution is 1.000. The number of hydrogen-bond acceptors (Lipinski definition) is 1. The second-order valence-corrected chi connectivity index (χ2v) is 3.10. The second kappa shape index (κ2) is 4.61. The van der Waals surface area contributed by atoms with Crippen LogP contribution in [0.2, 0.25) is 0 Å². The van der Waals surface area contributed by atoms with Gasteiger partial charge < -0.3 is 4.98 Å². The molecule has 2 heteroatoms. The van der Waals surface area contributed by atoms with Gasteiger partial charge in [-0.3, -0.25) is 4.79 Å². The van der Waals surface area contributed by atoms with E-state index >= 15 is 0 Å². The number of allylic oxidation sites excluding steroid dienone is 2. The first kappa shape index (κ1) is 10.5. The van der Waals surface area contributed by atoms with Crippen LogP contribution >= 0.6 is 0 Å². The van der Waals surface area contributed by atoms with E-state index in [1.807, 2.05) is 26.0 Å². The van der Waals surface area contributed by atoms with Crippen molar-refractivity contribution in [2.24, 2.45) is 0 Å². The molecule has 0 unspecified atom stereocenters. The highest BCUT2D eigenvalue weighted by Crippen LogP contribution is 1.83. The number of hydrogen-bond donors (Lipinski definition) is 1. The van der Waals surface area contributed by atoms with Gasteiger partial charge in [-0.05, 0) is 19.4 Å². The van der Waals surface area contributed by atoms with Crippen molar-refractivity contribution in [3.8, 4) is 0 Å². The van der Waals surface area contributed by atoms with Gasteiger partial charge in [0.25, 0.3) is 0 Å². The molecule has 1 N–H and O–H groups in total. The maximum Gasteiger partial charge on any atom is 0.189 e. The van der Waals surface area contributed by atoms with Gasteiger partial charge in [-0.2, -0.15) is 0 Å². The van der Waals surface area contributed by atoms with Crippen molar-refractivity contribution in [2.45, 2.75) is 20.3 Å². The second-order valence-electron chi connectivity index (χ2n) is 3.10. The van der Waals surface area contributed by atoms with Crippen LogP contribution in [0, 0.1) is 0 Å². The number of nitrogens with one attached hydrogen (secondary N) is 1. The maximum atomic E-state index is 11.6. The fourth-order valence-electron chi connectivity index (χ4n) is 1.25. The number of pyridine rings is 1. The Kier molecular flexibility index (Phi) is 3.46. The van der Waals surface area contributed by atoms with Crippen molar-refractivity contribution in [3.05, 3.63) is 44.7 Å². The lowest BCUT2D eigenvalue weighted by Crippen LogP contribution is -2.40. The molecule has 74 valence electrons. The molecule has 0 aliphatic heterocycles. The third-order valence-corrected chi connectivity index (χ3v) is 2.04. The Labute approximate surface area is 83.3 Å². The highest BCUT2D eigenvalue weighted by Gasteiger charge is 1.93. The Bertz CT molecular complexity index is 460. The fraction of sp³-hybridized carbons (Fsp3) is 0.250. The van der Waals surface area contributed by atoms with Crippen LogP contribution in [-0.4, -0.2) is 4.98 Å². The van der Waals surface area contributed by atoms with Crippen LogP contribution in [0.4, 0.5) is 0 Å². The van der Waals surface area contributed by atoms with Crippen molar-refractivity contribution >= 4 is 12.7 Å². The first-order valence-corrected chi connectivity index (χ1v) is 4.73. The van der Waals surface area contributed by atoms with Crippen molar-refractivity contribution in [1.82, 2.24) is 4.98 Å². The molecule has 0 bridgehead atoms. The van der Waals surface area contributed by atoms with Gasteiger partial charge in [-0.1, -0.05) is 25.7 Å². The molecule has 0 saturated carbocycles. The molecule has 0 aliphatic rings. The summed E-state index contributed by atoms with van der Waals surface area (Å²) in [7, 11) is 0. The minimum atomic E-state index is 0.0312. The molecule has 0 spiro atoms. The molecule has 0 amide bonds. The van der Waals surface area contributed by atoms with Crippen molar-refractivity contribution in [3.63, 3.8) is 0 Å². The summed E-state index contributed by atoms with van der Waals surface area (Å²) in [5.41, 5.74) is 0.960. The third-order valence-electron chi connectivity index (χ3n) is 2.04. The molecule has 1 aromatic rings. The summed E-state index contributed by atoms with van der Waals surface area (Å²) >= 11 is 0. The summed E-state index contributed by atoms with van der Waals surface area (Å²) in [6.45, 7) is 7.73. The van der Waals surface area contributed by atoms with Gasteiger partial charge in [0, 0.05) is 22.3 Å². The van der Waals surface area contributed by atoms with Gasteiger partial charge in [0.15, 0.2) is 5.43 Å². The van der Waals surface area contributed by atoms with Crippen LogP contribution in [0.15, 0.2) is 23.0 Å². The van der Waals surface area contributed by atoms with Gasteiger partial charge >= 0.3 is 0 Å². The average molecular weight is 189 g/mol. The van der Waals surface area contributed by atoms with Crippen LogP contribution in [0.25, 0.3) is 12.7 Å². The summed E-state index contributed by atoms with van der Waals surface area (Å²) in [5.74, 6) is 0. The Hall–Kier alpha value is -1.57. The van der Waals surface area contributed by atoms with Gasteiger partial charge in [-0.15, -0.1) is 0 Å². The summed E-state index contributed by atoms with van der Waals surface area (Å²) < 4.78 is 0. The predicted octanol–water partition coefficient (Wildman–Crippen LogP) is 0.704. The summed E-state index contributed by atoms with van der Waals surface area (Å²) in [6, 6.07) is 1.63. The van der Waals surface area contributed by atoms with E-state index in [9.17, 15) is 4.79 Å². The minimum Gasteiger partial charge on any atom is -0.359 e. The smallest absolute Gasteiger partial charge is 0.189 e. The first-order valence-electron chi connectivity index (χ1n) is 4.73. The molecular formula is C12H15NO. The van der Waals surface area contributed by atoms with Crippen molar-refractivity contribution in [2.75, 3.05) is 0 Å². The van der Waals surface area contributed by atoms with Crippen LogP contribution in [0.5, 0.6) is 0 Å². The lowest BCUT2D eigenvalue weighted by Gasteiger charge is -1.96. The van der Waals surface area contributed by atoms with Crippen LogP contribution in [0.3, 0.4) is 0 Å². The predicted molar refractivity (Wildman–Crippen MR) is 60.5 cm³/mol. The topological polar surface area (TPSA) is 32.9 Å². The van der Waals surface area contributed by atoms with E-state index in [-0.39, 0.29) is 5.43 Å². The van der Waals surface area contributed by atoms with E-state index in [0.717, 1.165) is 12.1 Å². The first-order chi connectivity index (χ1) is 6.69. The average Bonchev–Trinajstić information content (AvgIpc) is 2.16. The monoisotopic (exact) mass is 189 g/mol. The Morgan fingerprint density at radius 2 is 2.29 bits per heavy atom. The number of H-pyrrole nitrogens is 1. The van der Waals surface area contributed by atoms with Gasteiger partial charge in [0.1, 0.15) is 0 Å². The SMILES string of the molecule is C=c1[nH]c(CC)cc(=O)/c1=C/C=C\C. The zero-order valence-electron chi connectivity index (χ0n) is 8.63. The van der Waals surface area contributed by atoms with Crippen molar-refractivity contribution in [1.29, 1.82) is 0 Å². The summed E-state index contributed by atoms with van der Waals surface area (Å²) in [5, 5.41) is 1.33. The van der Waals surface area contributed by atoms with Crippen LogP contribution in [-0.2, 0) is 6.42 Å². The van der Waals surface area contributed by atoms with E-state index < -0.39 is 0 Å². The van der Waals surface area contributed by atoms with Crippen LogP contribution < -0.4 is 16.0 Å². The van der Waals surface area contributed by atoms with E-state index in [2.05, 4.69) is 11.6 Å². The zero-order chi connectivity index (χ0) is 10.6. The molecule has 0 saturated heterocycles. The Morgan fingerprint density at radius 3 is 2.79 bits per heavy atom. The highest BCUT2D eigenvalue weighted by atomic mass is 16.1. The molecule has 0 fully saturated rings. The normalized spacial score (nSPS) is 12.6. The third kappa shape index (κ3) is 2.22. The number of aromatic nitrogens is 1. The highest BCUT2D eigenvalue weighted by molar-refractivity contribution is 5.36. The molecule has 2 nitrogen and oxygen atoms in total. The number of aryl methyl sites for hydroxylation is 1. The minimum absolute atomic E-state index is 0.0312. The van der Waals surface area contributed by atoms with Gasteiger partial charge in [0.05, 0.1) is 0 Å². The Balaban J connectivity index is 3.49. The maximum absolute atomic E-state index is 11.6. The standard InChI is InChI=1S/C12H15NO/c1-4-6-7-11-9(3)13-10(5-2)8-12(11)14/h4,6-8,13H,3,5H2,1-2H3/b6-4-,11-7+. The molecule has 0 atom stereocenters. The molecule has 1 heterocycles. The number of aromatic amines is 1. The Morgan fingerprint density at radius 1 is 1.57 bits per heavy atom. The van der Waals surface area contributed by atoms with E-state index in [4.69, 9.17) is 0 Å². The molecule has 1 aromatic heterocycles. The largest absolute Gasteiger partial charge is 0.359 e. The molecule has 0 radical (unpaired) electrons. The molecular weight excluding hydrogens is 174 g/mol. The quantitative estimate of drug-likeness (QED) is 0.730. The van der Waals surface area contributed by atoms with E-state index in [1.54, 1.807) is 12.1 Å². The summed E-state index contributed by atoms with van der Waals surface area (Å²) in [6.07, 6.45) is 6.32. The van der Waals surface area contributed by atoms with Crippen molar-refractivity contribution < 1.29 is 0 Å². The van der Waals surface area contributed by atoms with Gasteiger partial charge in [0.2, 0.25) is 0 Å². The number of rotatable bonds is 2. The zero-order valence-corrected chi connectivity index (χ0v) is 8.63. The van der Waals surface area contributed by atoms with Crippen LogP contribution in [0.1, 0.15) is 19.5 Å². The van der Waals surface area contributed by atoms with E-state index in [0.29, 0.717) is 10.6 Å². The lowest BCUT2D eigenvalue weighted by atomic mass is 10.2. The van der Waals surface area contributed by atoms with Gasteiger partial charge in [-0.25, -0.2) is 0 Å². The summed E-state index contributed by atoms with van der Waals surface area (Å²) in [4.78, 5) is 14.7. The van der Waals surface area contributed by atoms with E-state index in [1.165, 1.54) is 0 Å². The molecule has 14 heavy (non-hydrogen) atoms. The fourth-order valence-corrected chi connectivity index (χ4v) is 1.25. The molecule has 0 aromatic carbocycles. The molecule has 0 aliphatic carbocycles.